The normalized spacial score (nSPS) is 18.8. The molecule has 1 fully saturated rings. The molecule has 4 heteroatoms. The maximum absolute atomic E-state index is 4.06. The molecule has 2 rings (SSSR count). The third kappa shape index (κ3) is 2.81. The van der Waals surface area contributed by atoms with Crippen LogP contribution in [0.2, 0.25) is 0 Å². The average molecular weight is 180 g/mol. The number of hydrogen-bond donors (Lipinski definition) is 1. The fourth-order valence-electron chi connectivity index (χ4n) is 1.41. The Morgan fingerprint density at radius 3 is 3.08 bits per heavy atom. The molecule has 0 amide bonds. The highest BCUT2D eigenvalue weighted by molar-refractivity contribution is 4.83. The van der Waals surface area contributed by atoms with Gasteiger partial charge >= 0.3 is 0 Å². The minimum atomic E-state index is 0.594. The Labute approximate surface area is 78.4 Å². The van der Waals surface area contributed by atoms with Crippen molar-refractivity contribution in [2.24, 2.45) is 0 Å². The molecule has 1 aromatic heterocycles. The summed E-state index contributed by atoms with van der Waals surface area (Å²) >= 11 is 0. The summed E-state index contributed by atoms with van der Waals surface area (Å²) in [7, 11) is 0. The second kappa shape index (κ2) is 3.87. The van der Waals surface area contributed by atoms with Crippen molar-refractivity contribution in [3.63, 3.8) is 0 Å². The molecule has 13 heavy (non-hydrogen) atoms. The van der Waals surface area contributed by atoms with E-state index in [9.17, 15) is 0 Å². The van der Waals surface area contributed by atoms with Gasteiger partial charge in [-0.25, -0.2) is 4.98 Å². The second-order valence-corrected chi connectivity index (χ2v) is 3.79. The molecule has 1 aromatic rings. The van der Waals surface area contributed by atoms with E-state index in [1.54, 1.807) is 12.7 Å². The fourth-order valence-corrected chi connectivity index (χ4v) is 1.41. The van der Waals surface area contributed by atoms with Gasteiger partial charge in [-0.15, -0.1) is 0 Å². The van der Waals surface area contributed by atoms with Gasteiger partial charge in [0, 0.05) is 18.6 Å². The zero-order valence-electron chi connectivity index (χ0n) is 7.98. The van der Waals surface area contributed by atoms with Crippen molar-refractivity contribution in [3.05, 3.63) is 12.7 Å². The van der Waals surface area contributed by atoms with Crippen LogP contribution < -0.4 is 5.32 Å². The molecule has 72 valence electrons. The van der Waals surface area contributed by atoms with Crippen LogP contribution in [0, 0.1) is 0 Å². The van der Waals surface area contributed by atoms with Crippen molar-refractivity contribution in [3.8, 4) is 0 Å². The van der Waals surface area contributed by atoms with Crippen LogP contribution in [0.4, 0.5) is 0 Å². The predicted octanol–water partition coefficient (Wildman–Crippen LogP) is 0.809. The molecule has 0 saturated heterocycles. The highest BCUT2D eigenvalue weighted by Gasteiger charge is 2.22. The van der Waals surface area contributed by atoms with Gasteiger partial charge in [0.25, 0.3) is 0 Å². The van der Waals surface area contributed by atoms with Gasteiger partial charge in [0.05, 0.1) is 0 Å². The monoisotopic (exact) mass is 180 g/mol. The summed E-state index contributed by atoms with van der Waals surface area (Å²) in [5, 5.41) is 7.62. The summed E-state index contributed by atoms with van der Waals surface area (Å²) in [5.74, 6) is 0. The Morgan fingerprint density at radius 1 is 1.62 bits per heavy atom. The predicted molar refractivity (Wildman–Crippen MR) is 50.3 cm³/mol. The lowest BCUT2D eigenvalue weighted by atomic mass is 10.2. The summed E-state index contributed by atoms with van der Waals surface area (Å²) in [6.45, 7) is 3.19. The number of aromatic nitrogens is 3. The van der Waals surface area contributed by atoms with Crippen LogP contribution in [-0.2, 0) is 6.54 Å². The third-order valence-electron chi connectivity index (χ3n) is 2.36. The smallest absolute Gasteiger partial charge is 0.137 e. The van der Waals surface area contributed by atoms with Crippen molar-refractivity contribution < 1.29 is 0 Å². The van der Waals surface area contributed by atoms with Crippen molar-refractivity contribution in [1.82, 2.24) is 20.1 Å². The van der Waals surface area contributed by atoms with E-state index in [1.165, 1.54) is 12.8 Å². The second-order valence-electron chi connectivity index (χ2n) is 3.79. The lowest BCUT2D eigenvalue weighted by Gasteiger charge is -2.12. The Kier molecular flexibility index (Phi) is 2.59. The molecule has 1 saturated carbocycles. The number of hydrogen-bond acceptors (Lipinski definition) is 3. The van der Waals surface area contributed by atoms with E-state index < -0.39 is 0 Å². The SMILES string of the molecule is CC(CCn1cncn1)NC1CC1. The summed E-state index contributed by atoms with van der Waals surface area (Å²) in [6.07, 6.45) is 7.18. The first-order chi connectivity index (χ1) is 6.34. The lowest BCUT2D eigenvalue weighted by molar-refractivity contribution is 0.456. The minimum Gasteiger partial charge on any atom is -0.311 e. The Balaban J connectivity index is 1.66. The standard InChI is InChI=1S/C9H16N4/c1-8(12-9-2-3-9)4-5-13-7-10-6-11-13/h6-9,12H,2-5H2,1H3. The largest absolute Gasteiger partial charge is 0.311 e. The van der Waals surface area contributed by atoms with Gasteiger partial charge in [-0.1, -0.05) is 0 Å². The molecule has 0 aliphatic heterocycles. The molecule has 0 bridgehead atoms. The molecule has 0 radical (unpaired) electrons. The number of nitrogens with one attached hydrogen (secondary N) is 1. The Hall–Kier alpha value is -0.900. The van der Waals surface area contributed by atoms with Crippen LogP contribution in [0.25, 0.3) is 0 Å². The van der Waals surface area contributed by atoms with Crippen LogP contribution >= 0.6 is 0 Å². The van der Waals surface area contributed by atoms with Gasteiger partial charge in [-0.05, 0) is 26.2 Å². The van der Waals surface area contributed by atoms with E-state index in [-0.39, 0.29) is 0 Å². The minimum absolute atomic E-state index is 0.594. The van der Waals surface area contributed by atoms with E-state index in [0.29, 0.717) is 6.04 Å². The van der Waals surface area contributed by atoms with Crippen molar-refractivity contribution in [2.75, 3.05) is 0 Å². The van der Waals surface area contributed by atoms with E-state index in [1.807, 2.05) is 4.68 Å². The molecular formula is C9H16N4. The first-order valence-corrected chi connectivity index (χ1v) is 4.93. The van der Waals surface area contributed by atoms with Crippen LogP contribution in [0.5, 0.6) is 0 Å². The molecule has 1 atom stereocenters. The Bertz CT molecular complexity index is 240. The van der Waals surface area contributed by atoms with E-state index in [0.717, 1.165) is 19.0 Å². The molecule has 4 nitrogen and oxygen atoms in total. The molecule has 0 aromatic carbocycles. The summed E-state index contributed by atoms with van der Waals surface area (Å²) in [5.41, 5.74) is 0. The van der Waals surface area contributed by atoms with Gasteiger partial charge in [0.15, 0.2) is 0 Å². The van der Waals surface area contributed by atoms with Crippen LogP contribution in [-0.4, -0.2) is 26.8 Å². The topological polar surface area (TPSA) is 42.7 Å². The quantitative estimate of drug-likeness (QED) is 0.729. The van der Waals surface area contributed by atoms with Crippen molar-refractivity contribution >= 4 is 0 Å². The summed E-state index contributed by atoms with van der Waals surface area (Å²) in [6, 6.07) is 1.39. The van der Waals surface area contributed by atoms with Crippen LogP contribution in [0.3, 0.4) is 0 Å². The fraction of sp³-hybridized carbons (Fsp3) is 0.778. The van der Waals surface area contributed by atoms with Gasteiger partial charge in [0.1, 0.15) is 12.7 Å². The Morgan fingerprint density at radius 2 is 2.46 bits per heavy atom. The van der Waals surface area contributed by atoms with Crippen LogP contribution in [0.15, 0.2) is 12.7 Å². The molecule has 0 spiro atoms. The van der Waals surface area contributed by atoms with Gasteiger partial charge in [0.2, 0.25) is 0 Å². The van der Waals surface area contributed by atoms with Crippen molar-refractivity contribution in [1.29, 1.82) is 0 Å². The number of aryl methyl sites for hydroxylation is 1. The van der Waals surface area contributed by atoms with Gasteiger partial charge < -0.3 is 5.32 Å². The first-order valence-electron chi connectivity index (χ1n) is 4.93. The molecule has 1 aliphatic rings. The summed E-state index contributed by atoms with van der Waals surface area (Å²) < 4.78 is 1.88. The summed E-state index contributed by atoms with van der Waals surface area (Å²) in [4.78, 5) is 3.90. The zero-order chi connectivity index (χ0) is 9.10. The van der Waals surface area contributed by atoms with Crippen LogP contribution in [0.1, 0.15) is 26.2 Å². The zero-order valence-corrected chi connectivity index (χ0v) is 7.98. The van der Waals surface area contributed by atoms with E-state index >= 15 is 0 Å². The number of rotatable bonds is 5. The molecule has 1 unspecified atom stereocenters. The van der Waals surface area contributed by atoms with E-state index in [4.69, 9.17) is 0 Å². The lowest BCUT2D eigenvalue weighted by Crippen LogP contribution is -2.29. The van der Waals surface area contributed by atoms with E-state index in [2.05, 4.69) is 22.3 Å². The van der Waals surface area contributed by atoms with Gasteiger partial charge in [-0.3, -0.25) is 4.68 Å². The van der Waals surface area contributed by atoms with Gasteiger partial charge in [-0.2, -0.15) is 5.10 Å². The average Bonchev–Trinajstić information content (AvgIpc) is 2.78. The maximum Gasteiger partial charge on any atom is 0.137 e. The molecule has 1 aliphatic carbocycles. The highest BCUT2D eigenvalue weighted by Crippen LogP contribution is 2.19. The van der Waals surface area contributed by atoms with Crippen molar-refractivity contribution in [2.45, 2.75) is 44.8 Å². The first kappa shape index (κ1) is 8.69. The molecular weight excluding hydrogens is 164 g/mol. The third-order valence-corrected chi connectivity index (χ3v) is 2.36. The number of nitrogens with zero attached hydrogens (tertiary/aromatic N) is 3. The maximum atomic E-state index is 4.06. The highest BCUT2D eigenvalue weighted by atomic mass is 15.3. The molecule has 1 heterocycles. The molecule has 1 N–H and O–H groups in total.